The van der Waals surface area contributed by atoms with Crippen molar-refractivity contribution in [1.29, 1.82) is 0 Å². The van der Waals surface area contributed by atoms with Gasteiger partial charge in [0.2, 0.25) is 0 Å². The fraction of sp³-hybridized carbons (Fsp3) is 0.875. The number of nitrogens with one attached hydrogen (secondary N) is 1. The van der Waals surface area contributed by atoms with Gasteiger partial charge in [0.05, 0.1) is 0 Å². The van der Waals surface area contributed by atoms with Crippen molar-refractivity contribution in [3.8, 4) is 0 Å². The molecule has 1 amide bonds. The van der Waals surface area contributed by atoms with Crippen LogP contribution in [-0.2, 0) is 4.79 Å². The molecule has 2 rings (SSSR count). The van der Waals surface area contributed by atoms with Crippen LogP contribution >= 0.6 is 11.8 Å². The van der Waals surface area contributed by atoms with Gasteiger partial charge in [0, 0.05) is 6.04 Å². The highest BCUT2D eigenvalue weighted by molar-refractivity contribution is 8.16. The van der Waals surface area contributed by atoms with Crippen molar-refractivity contribution in [2.24, 2.45) is 16.8 Å². The van der Waals surface area contributed by atoms with Crippen LogP contribution in [0.3, 0.4) is 0 Å². The van der Waals surface area contributed by atoms with Gasteiger partial charge in [0.15, 0.2) is 5.17 Å². The second-order valence-corrected chi connectivity index (χ2v) is 8.04. The third kappa shape index (κ3) is 3.21. The number of thioether (sulfide) groups is 1. The molecule has 0 aromatic carbocycles. The van der Waals surface area contributed by atoms with Crippen LogP contribution < -0.4 is 5.32 Å². The van der Waals surface area contributed by atoms with Crippen molar-refractivity contribution in [3.63, 3.8) is 0 Å². The number of amidine groups is 1. The van der Waals surface area contributed by atoms with E-state index >= 15 is 0 Å². The summed E-state index contributed by atoms with van der Waals surface area (Å²) in [4.78, 5) is 16.5. The molecule has 1 aliphatic carbocycles. The number of rotatable bonds is 5. The summed E-state index contributed by atoms with van der Waals surface area (Å²) in [5.41, 5.74) is 0. The van der Waals surface area contributed by atoms with E-state index in [0.29, 0.717) is 17.9 Å². The van der Waals surface area contributed by atoms with Gasteiger partial charge in [-0.2, -0.15) is 4.99 Å². The lowest BCUT2D eigenvalue weighted by Crippen LogP contribution is -2.40. The molecule has 2 unspecified atom stereocenters. The maximum Gasteiger partial charge on any atom is 0.264 e. The van der Waals surface area contributed by atoms with E-state index in [1.807, 2.05) is 0 Å². The van der Waals surface area contributed by atoms with Gasteiger partial charge in [0.1, 0.15) is 4.75 Å². The van der Waals surface area contributed by atoms with Crippen LogP contribution in [0.15, 0.2) is 4.99 Å². The predicted molar refractivity (Wildman–Crippen MR) is 87.1 cm³/mol. The molecule has 0 bridgehead atoms. The molecule has 2 atom stereocenters. The molecule has 4 heteroatoms. The Morgan fingerprint density at radius 2 is 1.95 bits per heavy atom. The molecule has 0 aromatic heterocycles. The quantitative estimate of drug-likeness (QED) is 0.834. The summed E-state index contributed by atoms with van der Waals surface area (Å²) in [5.74, 6) is 1.34. The second-order valence-electron chi connectivity index (χ2n) is 6.67. The number of amides is 1. The summed E-state index contributed by atoms with van der Waals surface area (Å²) in [5, 5.41) is 4.45. The number of carbonyl (C=O) groups excluding carboxylic acids is 1. The smallest absolute Gasteiger partial charge is 0.264 e. The molecule has 114 valence electrons. The first-order chi connectivity index (χ1) is 9.48. The lowest BCUT2D eigenvalue weighted by Gasteiger charge is -2.29. The highest BCUT2D eigenvalue weighted by Crippen LogP contribution is 2.46. The van der Waals surface area contributed by atoms with E-state index in [9.17, 15) is 4.79 Å². The van der Waals surface area contributed by atoms with E-state index in [-0.39, 0.29) is 10.7 Å². The third-order valence-corrected chi connectivity index (χ3v) is 6.27. The zero-order valence-corrected chi connectivity index (χ0v) is 14.1. The minimum Gasteiger partial charge on any atom is -0.361 e. The third-order valence-electron chi connectivity index (χ3n) is 4.89. The topological polar surface area (TPSA) is 41.5 Å². The highest BCUT2D eigenvalue weighted by atomic mass is 32.2. The second kappa shape index (κ2) is 6.50. The molecule has 0 saturated heterocycles. The van der Waals surface area contributed by atoms with E-state index in [0.717, 1.165) is 30.9 Å². The largest absolute Gasteiger partial charge is 0.361 e. The molecule has 1 saturated carbocycles. The molecule has 1 aliphatic heterocycles. The van der Waals surface area contributed by atoms with Gasteiger partial charge in [-0.05, 0) is 31.1 Å². The van der Waals surface area contributed by atoms with Crippen LogP contribution in [0.2, 0.25) is 0 Å². The van der Waals surface area contributed by atoms with Crippen molar-refractivity contribution in [2.75, 3.05) is 0 Å². The fourth-order valence-electron chi connectivity index (χ4n) is 3.17. The molecule has 1 spiro atoms. The van der Waals surface area contributed by atoms with Crippen molar-refractivity contribution in [2.45, 2.75) is 77.0 Å². The summed E-state index contributed by atoms with van der Waals surface area (Å²) < 4.78 is -0.208. The lowest BCUT2D eigenvalue weighted by atomic mass is 9.88. The van der Waals surface area contributed by atoms with Crippen LogP contribution in [0.1, 0.15) is 66.2 Å². The first kappa shape index (κ1) is 15.9. The van der Waals surface area contributed by atoms with Gasteiger partial charge in [-0.25, -0.2) is 0 Å². The molecule has 0 radical (unpaired) electrons. The maximum atomic E-state index is 12.2. The van der Waals surface area contributed by atoms with E-state index < -0.39 is 0 Å². The number of hydrogen-bond donors (Lipinski definition) is 1. The SMILES string of the molecule is CCCC(NC1=NC(=O)C2(CCCC2)S1)C(C)C(C)C. The molecular formula is C16H28N2OS. The average Bonchev–Trinajstić information content (AvgIpc) is 2.97. The van der Waals surface area contributed by atoms with Gasteiger partial charge in [0.25, 0.3) is 5.91 Å². The van der Waals surface area contributed by atoms with Gasteiger partial charge in [-0.1, -0.05) is 58.7 Å². The standard InChI is InChI=1S/C16H28N2OS/c1-5-8-13(12(4)11(2)3)17-15-18-14(19)16(20-15)9-6-7-10-16/h11-13H,5-10H2,1-4H3,(H,17,18,19). The van der Waals surface area contributed by atoms with Crippen LogP contribution in [0.25, 0.3) is 0 Å². The van der Waals surface area contributed by atoms with E-state index in [1.54, 1.807) is 11.8 Å². The average molecular weight is 296 g/mol. The van der Waals surface area contributed by atoms with Crippen molar-refractivity contribution >= 4 is 22.8 Å². The van der Waals surface area contributed by atoms with Crippen molar-refractivity contribution in [1.82, 2.24) is 5.32 Å². The Hall–Kier alpha value is -0.510. The summed E-state index contributed by atoms with van der Waals surface area (Å²) in [6, 6.07) is 0.426. The molecule has 20 heavy (non-hydrogen) atoms. The molecule has 0 aromatic rings. The van der Waals surface area contributed by atoms with Gasteiger partial charge in [-0.15, -0.1) is 0 Å². The first-order valence-electron chi connectivity index (χ1n) is 8.07. The van der Waals surface area contributed by atoms with Crippen LogP contribution in [0.4, 0.5) is 0 Å². The molecular weight excluding hydrogens is 268 g/mol. The number of nitrogens with zero attached hydrogens (tertiary/aromatic N) is 1. The number of aliphatic imine (C=N–C) groups is 1. The summed E-state index contributed by atoms with van der Waals surface area (Å²) in [7, 11) is 0. The zero-order valence-electron chi connectivity index (χ0n) is 13.2. The number of carbonyl (C=O) groups is 1. The number of hydrogen-bond acceptors (Lipinski definition) is 3. The van der Waals surface area contributed by atoms with E-state index in [4.69, 9.17) is 0 Å². The molecule has 2 aliphatic rings. The van der Waals surface area contributed by atoms with Crippen LogP contribution in [-0.4, -0.2) is 21.9 Å². The van der Waals surface area contributed by atoms with Crippen molar-refractivity contribution < 1.29 is 4.79 Å². The highest BCUT2D eigenvalue weighted by Gasteiger charge is 2.47. The minimum absolute atomic E-state index is 0.106. The fourth-order valence-corrected chi connectivity index (χ4v) is 4.50. The summed E-state index contributed by atoms with van der Waals surface area (Å²) in [6.07, 6.45) is 6.64. The van der Waals surface area contributed by atoms with Gasteiger partial charge < -0.3 is 5.32 Å². The summed E-state index contributed by atoms with van der Waals surface area (Å²) in [6.45, 7) is 9.05. The zero-order chi connectivity index (χ0) is 14.8. The molecule has 1 heterocycles. The molecule has 3 nitrogen and oxygen atoms in total. The Kier molecular flexibility index (Phi) is 5.16. The Morgan fingerprint density at radius 3 is 2.50 bits per heavy atom. The lowest BCUT2D eigenvalue weighted by molar-refractivity contribution is -0.119. The minimum atomic E-state index is -0.208. The van der Waals surface area contributed by atoms with Crippen LogP contribution in [0, 0.1) is 11.8 Å². The molecule has 1 N–H and O–H groups in total. The monoisotopic (exact) mass is 296 g/mol. The first-order valence-corrected chi connectivity index (χ1v) is 8.89. The van der Waals surface area contributed by atoms with E-state index in [2.05, 4.69) is 38.0 Å². The van der Waals surface area contributed by atoms with Crippen LogP contribution in [0.5, 0.6) is 0 Å². The summed E-state index contributed by atoms with van der Waals surface area (Å²) >= 11 is 1.70. The normalized spacial score (nSPS) is 24.2. The Labute approximate surface area is 127 Å². The Morgan fingerprint density at radius 1 is 1.30 bits per heavy atom. The van der Waals surface area contributed by atoms with E-state index in [1.165, 1.54) is 12.8 Å². The Balaban J connectivity index is 2.01. The Bertz CT molecular complexity index is 386. The molecule has 1 fully saturated rings. The predicted octanol–water partition coefficient (Wildman–Crippen LogP) is 3.98. The van der Waals surface area contributed by atoms with Gasteiger partial charge >= 0.3 is 0 Å². The van der Waals surface area contributed by atoms with Crippen molar-refractivity contribution in [3.05, 3.63) is 0 Å². The van der Waals surface area contributed by atoms with Gasteiger partial charge in [-0.3, -0.25) is 4.79 Å². The maximum absolute atomic E-state index is 12.2.